The summed E-state index contributed by atoms with van der Waals surface area (Å²) in [7, 11) is 0. The summed E-state index contributed by atoms with van der Waals surface area (Å²) in [5, 5.41) is 13.7. The first-order valence-corrected chi connectivity index (χ1v) is 8.94. The van der Waals surface area contributed by atoms with E-state index in [0.29, 0.717) is 11.7 Å². The molecule has 0 unspecified atom stereocenters. The number of nitrogens with one attached hydrogen (secondary N) is 1. The van der Waals surface area contributed by atoms with Gasteiger partial charge in [-0.15, -0.1) is 0 Å². The van der Waals surface area contributed by atoms with Gasteiger partial charge in [0.1, 0.15) is 5.75 Å². The molecule has 0 radical (unpaired) electrons. The summed E-state index contributed by atoms with van der Waals surface area (Å²) in [6, 6.07) is 12.1. The highest BCUT2D eigenvalue weighted by Gasteiger charge is 2.21. The van der Waals surface area contributed by atoms with Crippen molar-refractivity contribution >= 4 is 5.69 Å². The lowest BCUT2D eigenvalue weighted by Gasteiger charge is -2.34. The van der Waals surface area contributed by atoms with Crippen molar-refractivity contribution in [3.63, 3.8) is 0 Å². The Balaban J connectivity index is 1.50. The van der Waals surface area contributed by atoms with Crippen LogP contribution in [0.15, 0.2) is 48.8 Å². The van der Waals surface area contributed by atoms with Gasteiger partial charge in [-0.05, 0) is 49.9 Å². The molecule has 0 spiro atoms. The minimum Gasteiger partial charge on any atom is -0.508 e. The van der Waals surface area contributed by atoms with Gasteiger partial charge >= 0.3 is 0 Å². The monoisotopic (exact) mass is 325 g/mol. The largest absolute Gasteiger partial charge is 0.508 e. The third-order valence-corrected chi connectivity index (χ3v) is 5.02. The van der Waals surface area contributed by atoms with E-state index in [4.69, 9.17) is 0 Å². The molecule has 24 heavy (non-hydrogen) atoms. The van der Waals surface area contributed by atoms with Crippen LogP contribution in [0.25, 0.3) is 0 Å². The molecule has 1 aliphatic heterocycles. The highest BCUT2D eigenvalue weighted by atomic mass is 16.3. The second-order valence-corrected chi connectivity index (χ2v) is 6.56. The minimum atomic E-state index is 0.226. The summed E-state index contributed by atoms with van der Waals surface area (Å²) in [5.41, 5.74) is 2.28. The molecule has 2 N–H and O–H groups in total. The van der Waals surface area contributed by atoms with Crippen LogP contribution in [0.4, 0.5) is 5.69 Å². The van der Waals surface area contributed by atoms with E-state index < -0.39 is 0 Å². The fourth-order valence-electron chi connectivity index (χ4n) is 3.52. The number of pyridine rings is 1. The van der Waals surface area contributed by atoms with Crippen molar-refractivity contribution in [3.8, 4) is 5.75 Å². The molecule has 3 rings (SSSR count). The van der Waals surface area contributed by atoms with Crippen LogP contribution in [-0.4, -0.2) is 29.7 Å². The molecule has 4 heteroatoms. The smallest absolute Gasteiger partial charge is 0.120 e. The lowest BCUT2D eigenvalue weighted by Crippen LogP contribution is -2.38. The summed E-state index contributed by atoms with van der Waals surface area (Å²) < 4.78 is 0. The van der Waals surface area contributed by atoms with E-state index in [1.807, 2.05) is 30.6 Å². The molecule has 1 saturated heterocycles. The van der Waals surface area contributed by atoms with Crippen molar-refractivity contribution in [1.82, 2.24) is 10.3 Å². The Morgan fingerprint density at radius 1 is 1.17 bits per heavy atom. The summed E-state index contributed by atoms with van der Waals surface area (Å²) in [4.78, 5) is 6.54. The number of aromatic hydroxyl groups is 1. The molecule has 4 nitrogen and oxygen atoms in total. The Morgan fingerprint density at radius 3 is 2.54 bits per heavy atom. The Bertz CT molecular complexity index is 624. The van der Waals surface area contributed by atoms with E-state index in [1.54, 1.807) is 6.07 Å². The second kappa shape index (κ2) is 8.15. The standard InChI is InChI=1S/C20H27N3O/c1-2-19(18-5-3-4-6-20(18)24)22-15-16-9-13-23(14-10-16)17-7-11-21-12-8-17/h3-8,11-12,16,19,22,24H,2,9-10,13-15H2,1H3/t19-/m1/s1. The zero-order valence-corrected chi connectivity index (χ0v) is 14.4. The van der Waals surface area contributed by atoms with E-state index in [9.17, 15) is 5.11 Å². The van der Waals surface area contributed by atoms with Crippen LogP contribution in [0, 0.1) is 5.92 Å². The van der Waals surface area contributed by atoms with Crippen molar-refractivity contribution in [2.45, 2.75) is 32.2 Å². The second-order valence-electron chi connectivity index (χ2n) is 6.56. The number of nitrogens with zero attached hydrogens (tertiary/aromatic N) is 2. The molecule has 1 aliphatic rings. The van der Waals surface area contributed by atoms with E-state index in [1.165, 1.54) is 18.5 Å². The number of rotatable bonds is 6. The molecule has 1 aromatic carbocycles. The fraction of sp³-hybridized carbons (Fsp3) is 0.450. The predicted octanol–water partition coefficient (Wildman–Crippen LogP) is 3.74. The van der Waals surface area contributed by atoms with Crippen LogP contribution in [0.1, 0.15) is 37.8 Å². The average Bonchev–Trinajstić information content (AvgIpc) is 2.65. The summed E-state index contributed by atoms with van der Waals surface area (Å²) >= 11 is 0. The first kappa shape index (κ1) is 16.8. The third kappa shape index (κ3) is 4.06. The van der Waals surface area contributed by atoms with Crippen molar-refractivity contribution < 1.29 is 5.11 Å². The van der Waals surface area contributed by atoms with Gasteiger partial charge < -0.3 is 15.3 Å². The SMILES string of the molecule is CC[C@@H](NCC1CCN(c2ccncc2)CC1)c1ccccc1O. The quantitative estimate of drug-likeness (QED) is 0.849. The van der Waals surface area contributed by atoms with Gasteiger partial charge in [0.2, 0.25) is 0 Å². The van der Waals surface area contributed by atoms with Crippen molar-refractivity contribution in [1.29, 1.82) is 0 Å². The van der Waals surface area contributed by atoms with Crippen LogP contribution in [0.2, 0.25) is 0 Å². The van der Waals surface area contributed by atoms with Gasteiger partial charge in [0, 0.05) is 42.8 Å². The van der Waals surface area contributed by atoms with Crippen LogP contribution in [0.3, 0.4) is 0 Å². The van der Waals surface area contributed by atoms with E-state index in [-0.39, 0.29) is 6.04 Å². The molecule has 128 valence electrons. The third-order valence-electron chi connectivity index (χ3n) is 5.02. The van der Waals surface area contributed by atoms with Gasteiger partial charge in [-0.1, -0.05) is 25.1 Å². The zero-order valence-electron chi connectivity index (χ0n) is 14.4. The lowest BCUT2D eigenvalue weighted by molar-refractivity contribution is 0.354. The number of piperidine rings is 1. The topological polar surface area (TPSA) is 48.4 Å². The average molecular weight is 325 g/mol. The normalized spacial score (nSPS) is 17.0. The van der Waals surface area contributed by atoms with Crippen LogP contribution < -0.4 is 10.2 Å². The maximum atomic E-state index is 10.1. The Morgan fingerprint density at radius 2 is 1.88 bits per heavy atom. The van der Waals surface area contributed by atoms with E-state index in [0.717, 1.165) is 31.6 Å². The van der Waals surface area contributed by atoms with Gasteiger partial charge in [-0.2, -0.15) is 0 Å². The number of para-hydroxylation sites is 1. The maximum absolute atomic E-state index is 10.1. The van der Waals surface area contributed by atoms with Gasteiger partial charge in [-0.25, -0.2) is 0 Å². The van der Waals surface area contributed by atoms with E-state index >= 15 is 0 Å². The number of benzene rings is 1. The molecule has 1 fully saturated rings. The van der Waals surface area contributed by atoms with Gasteiger partial charge in [-0.3, -0.25) is 4.98 Å². The van der Waals surface area contributed by atoms with Crippen LogP contribution >= 0.6 is 0 Å². The maximum Gasteiger partial charge on any atom is 0.120 e. The number of aromatic nitrogens is 1. The van der Waals surface area contributed by atoms with Gasteiger partial charge in [0.15, 0.2) is 0 Å². The zero-order chi connectivity index (χ0) is 16.8. The highest BCUT2D eigenvalue weighted by molar-refractivity contribution is 5.44. The highest BCUT2D eigenvalue weighted by Crippen LogP contribution is 2.27. The van der Waals surface area contributed by atoms with Crippen LogP contribution in [0.5, 0.6) is 5.75 Å². The summed E-state index contributed by atoms with van der Waals surface area (Å²) in [5.74, 6) is 1.09. The van der Waals surface area contributed by atoms with Crippen molar-refractivity contribution in [3.05, 3.63) is 54.4 Å². The Kier molecular flexibility index (Phi) is 5.70. The number of phenolic OH excluding ortho intramolecular Hbond substituents is 1. The van der Waals surface area contributed by atoms with Gasteiger partial charge in [0.25, 0.3) is 0 Å². The molecule has 0 saturated carbocycles. The number of hydrogen-bond donors (Lipinski definition) is 2. The first-order valence-electron chi connectivity index (χ1n) is 8.94. The Labute approximate surface area is 144 Å². The number of anilines is 1. The summed E-state index contributed by atoms with van der Waals surface area (Å²) in [6.07, 6.45) is 7.11. The van der Waals surface area contributed by atoms with Crippen molar-refractivity contribution in [2.24, 2.45) is 5.92 Å². The number of hydrogen-bond acceptors (Lipinski definition) is 4. The van der Waals surface area contributed by atoms with E-state index in [2.05, 4.69) is 34.3 Å². The molecular weight excluding hydrogens is 298 g/mol. The molecule has 0 bridgehead atoms. The molecular formula is C20H27N3O. The molecule has 1 atom stereocenters. The minimum absolute atomic E-state index is 0.226. The molecule has 0 aliphatic carbocycles. The fourth-order valence-corrected chi connectivity index (χ4v) is 3.52. The van der Waals surface area contributed by atoms with Crippen molar-refractivity contribution in [2.75, 3.05) is 24.5 Å². The predicted molar refractivity (Wildman–Crippen MR) is 98.3 cm³/mol. The number of phenols is 1. The van der Waals surface area contributed by atoms with Gasteiger partial charge in [0.05, 0.1) is 0 Å². The molecule has 2 heterocycles. The van der Waals surface area contributed by atoms with Crippen LogP contribution in [-0.2, 0) is 0 Å². The molecule has 1 aromatic heterocycles. The Hall–Kier alpha value is -2.07. The first-order chi connectivity index (χ1) is 11.8. The lowest BCUT2D eigenvalue weighted by atomic mass is 9.95. The molecule has 0 amide bonds. The molecule has 2 aromatic rings. The summed E-state index contributed by atoms with van der Waals surface area (Å²) in [6.45, 7) is 5.38.